The van der Waals surface area contributed by atoms with Gasteiger partial charge in [-0.1, -0.05) is 18.2 Å². The van der Waals surface area contributed by atoms with Gasteiger partial charge in [0.1, 0.15) is 28.6 Å². The van der Waals surface area contributed by atoms with E-state index in [1.165, 1.54) is 36.7 Å². The van der Waals surface area contributed by atoms with E-state index in [2.05, 4.69) is 21.9 Å². The Kier molecular flexibility index (Phi) is 6.84. The van der Waals surface area contributed by atoms with Crippen LogP contribution in [0.5, 0.6) is 0 Å². The predicted molar refractivity (Wildman–Crippen MR) is 122 cm³/mol. The predicted octanol–water partition coefficient (Wildman–Crippen LogP) is 4.99. The molecular weight excluding hydrogens is 452 g/mol. The number of pyridine rings is 1. The molecule has 0 saturated carbocycles. The summed E-state index contributed by atoms with van der Waals surface area (Å²) in [6, 6.07) is 2.63. The summed E-state index contributed by atoms with van der Waals surface area (Å²) in [6.45, 7) is 8.60. The first-order valence-corrected chi connectivity index (χ1v) is 10.6. The third kappa shape index (κ3) is 4.54. The van der Waals surface area contributed by atoms with Crippen molar-refractivity contribution in [1.82, 2.24) is 14.5 Å². The van der Waals surface area contributed by atoms with Crippen molar-refractivity contribution in [2.45, 2.75) is 58.2 Å². The molecule has 182 valence electrons. The monoisotopic (exact) mass is 478 g/mol. The van der Waals surface area contributed by atoms with E-state index in [0.29, 0.717) is 6.42 Å². The molecule has 0 aliphatic rings. The summed E-state index contributed by atoms with van der Waals surface area (Å²) in [6.07, 6.45) is 3.40. The van der Waals surface area contributed by atoms with E-state index in [-0.39, 0.29) is 34.7 Å². The highest BCUT2D eigenvalue weighted by atomic mass is 19.3. The molecule has 0 fully saturated rings. The lowest BCUT2D eigenvalue weighted by atomic mass is 9.91. The van der Waals surface area contributed by atoms with E-state index in [4.69, 9.17) is 0 Å². The van der Waals surface area contributed by atoms with Crippen LogP contribution in [0.1, 0.15) is 50.2 Å². The van der Waals surface area contributed by atoms with Gasteiger partial charge in [-0.15, -0.1) is 6.58 Å². The normalized spacial score (nSPS) is 13.2. The summed E-state index contributed by atoms with van der Waals surface area (Å²) in [5, 5.41) is 13.0. The highest BCUT2D eigenvalue weighted by Gasteiger charge is 2.49. The van der Waals surface area contributed by atoms with Crippen LogP contribution in [0, 0.1) is 18.6 Å². The van der Waals surface area contributed by atoms with Crippen molar-refractivity contribution >= 4 is 16.7 Å². The van der Waals surface area contributed by atoms with E-state index in [9.17, 15) is 23.1 Å². The summed E-state index contributed by atoms with van der Waals surface area (Å²) in [5.74, 6) is -5.82. The van der Waals surface area contributed by atoms with Gasteiger partial charge in [-0.05, 0) is 40.2 Å². The van der Waals surface area contributed by atoms with Gasteiger partial charge in [0, 0.05) is 18.3 Å². The van der Waals surface area contributed by atoms with Crippen molar-refractivity contribution in [2.24, 2.45) is 0 Å². The summed E-state index contributed by atoms with van der Waals surface area (Å²) >= 11 is 0. The van der Waals surface area contributed by atoms with Gasteiger partial charge in [0.25, 0.3) is 5.56 Å². The van der Waals surface area contributed by atoms with Crippen molar-refractivity contribution in [3.05, 3.63) is 76.0 Å². The molecule has 3 rings (SSSR count). The molecule has 0 aliphatic carbocycles. The zero-order chi connectivity index (χ0) is 25.4. The van der Waals surface area contributed by atoms with Gasteiger partial charge in [0.15, 0.2) is 0 Å². The molecule has 0 spiro atoms. The number of halogens is 4. The highest BCUT2D eigenvalue weighted by molar-refractivity contribution is 5.88. The van der Waals surface area contributed by atoms with E-state index in [1.807, 2.05) is 0 Å². The minimum atomic E-state index is -3.85. The van der Waals surface area contributed by atoms with Gasteiger partial charge < -0.3 is 15.0 Å². The number of rotatable bonds is 8. The Morgan fingerprint density at radius 2 is 1.91 bits per heavy atom. The number of hydrogen-bond acceptors (Lipinski definition) is 5. The van der Waals surface area contributed by atoms with Crippen LogP contribution >= 0.6 is 0 Å². The Morgan fingerprint density at radius 3 is 2.53 bits per heavy atom. The number of anilines is 1. The third-order valence-corrected chi connectivity index (χ3v) is 5.53. The molecule has 6 nitrogen and oxygen atoms in total. The van der Waals surface area contributed by atoms with Gasteiger partial charge in [-0.2, -0.15) is 13.2 Å². The fourth-order valence-corrected chi connectivity index (χ4v) is 3.56. The van der Waals surface area contributed by atoms with Crippen LogP contribution in [0.3, 0.4) is 0 Å². The molecule has 0 amide bonds. The summed E-state index contributed by atoms with van der Waals surface area (Å²) in [7, 11) is 0. The molecule has 1 atom stereocenters. The summed E-state index contributed by atoms with van der Waals surface area (Å²) in [4.78, 5) is 20.6. The second-order valence-corrected chi connectivity index (χ2v) is 8.61. The van der Waals surface area contributed by atoms with Crippen LogP contribution in [-0.2, 0) is 12.5 Å². The maximum absolute atomic E-state index is 15.2. The van der Waals surface area contributed by atoms with Crippen LogP contribution in [-0.4, -0.2) is 25.2 Å². The molecule has 2 N–H and O–H groups in total. The Labute approximate surface area is 194 Å². The molecule has 3 aromatic rings. The molecule has 0 radical (unpaired) electrons. The van der Waals surface area contributed by atoms with Crippen LogP contribution in [0.25, 0.3) is 10.9 Å². The molecule has 2 heterocycles. The lowest BCUT2D eigenvalue weighted by Crippen LogP contribution is -2.41. The van der Waals surface area contributed by atoms with Crippen molar-refractivity contribution in [1.29, 1.82) is 0 Å². The minimum Gasteiger partial charge on any atom is -0.384 e. The Morgan fingerprint density at radius 1 is 1.24 bits per heavy atom. The van der Waals surface area contributed by atoms with Crippen molar-refractivity contribution < 1.29 is 22.7 Å². The van der Waals surface area contributed by atoms with E-state index < -0.39 is 40.3 Å². The molecule has 0 aliphatic heterocycles. The first-order chi connectivity index (χ1) is 15.8. The van der Waals surface area contributed by atoms with Gasteiger partial charge in [0.05, 0.1) is 17.0 Å². The van der Waals surface area contributed by atoms with Crippen LogP contribution < -0.4 is 10.9 Å². The fraction of sp³-hybridized carbons (Fsp3) is 0.375. The number of aliphatic hydroxyl groups is 1. The summed E-state index contributed by atoms with van der Waals surface area (Å²) in [5.41, 5.74) is -4.59. The lowest BCUT2D eigenvalue weighted by molar-refractivity contribution is -0.170. The molecular formula is C24H26F4N4O2. The Hall–Kier alpha value is -3.27. The molecule has 0 bridgehead atoms. The molecule has 1 aromatic carbocycles. The fourth-order valence-electron chi connectivity index (χ4n) is 3.56. The number of alkyl halides is 2. The average molecular weight is 478 g/mol. The lowest BCUT2D eigenvalue weighted by Gasteiger charge is -2.30. The zero-order valence-electron chi connectivity index (χ0n) is 19.3. The van der Waals surface area contributed by atoms with Gasteiger partial charge in [0.2, 0.25) is 5.82 Å². The van der Waals surface area contributed by atoms with E-state index >= 15 is 4.39 Å². The number of aromatic nitrogens is 3. The number of hydrogen-bond donors (Lipinski definition) is 2. The second-order valence-electron chi connectivity index (χ2n) is 8.61. The minimum absolute atomic E-state index is 0.105. The van der Waals surface area contributed by atoms with Gasteiger partial charge in [-0.25, -0.2) is 14.4 Å². The second kappa shape index (κ2) is 9.17. The molecule has 2 aromatic heterocycles. The quantitative estimate of drug-likeness (QED) is 0.352. The molecule has 34 heavy (non-hydrogen) atoms. The smallest absolute Gasteiger partial charge is 0.303 e. The number of nitrogens with one attached hydrogen (secondary N) is 1. The van der Waals surface area contributed by atoms with E-state index in [0.717, 1.165) is 19.9 Å². The number of nitrogens with zero attached hydrogens (tertiary/aromatic N) is 3. The Balaban J connectivity index is 2.10. The average Bonchev–Trinajstić information content (AvgIpc) is 2.75. The van der Waals surface area contributed by atoms with Crippen LogP contribution in [0.15, 0.2) is 41.8 Å². The maximum Gasteiger partial charge on any atom is 0.303 e. The van der Waals surface area contributed by atoms with Crippen molar-refractivity contribution in [3.63, 3.8) is 0 Å². The van der Waals surface area contributed by atoms with Gasteiger partial charge in [-0.3, -0.25) is 4.79 Å². The largest absolute Gasteiger partial charge is 0.384 e. The first kappa shape index (κ1) is 25.4. The zero-order valence-corrected chi connectivity index (χ0v) is 19.3. The topological polar surface area (TPSA) is 80.0 Å². The number of fused-ring (bicyclic) bond motifs is 1. The van der Waals surface area contributed by atoms with Crippen molar-refractivity contribution in [3.8, 4) is 0 Å². The maximum atomic E-state index is 15.2. The van der Waals surface area contributed by atoms with Crippen LogP contribution in [0.4, 0.5) is 23.4 Å². The van der Waals surface area contributed by atoms with Gasteiger partial charge >= 0.3 is 5.92 Å². The highest BCUT2D eigenvalue weighted by Crippen LogP contribution is 2.41. The first-order valence-electron chi connectivity index (χ1n) is 10.6. The standard InChI is InChI=1S/C24H26F4N4O2/c1-6-7-11-32-12-16-20(19(26)22(32)33)30-14(3)31-21(16)29-13(2)15-9-8-10-17(18(15)25)24(27,28)23(4,5)34/h6,8-10,12-13,34H,1,7,11H2,2-5H3,(H,29,30,31)/t13-/m1/s1. The number of allylic oxidation sites excluding steroid dienone is 1. The molecule has 10 heteroatoms. The SMILES string of the molecule is C=CCCn1cc2c(N[C@H](C)c3cccc(C(F)(F)C(C)(C)O)c3F)nc(C)nc2c(F)c1=O. The number of aryl methyl sites for hydroxylation is 2. The van der Waals surface area contributed by atoms with Crippen molar-refractivity contribution in [2.75, 3.05) is 5.32 Å². The molecule has 0 unspecified atom stereocenters. The number of benzene rings is 1. The van der Waals surface area contributed by atoms with E-state index in [1.54, 1.807) is 6.08 Å². The van der Waals surface area contributed by atoms with Crippen LogP contribution in [0.2, 0.25) is 0 Å². The molecule has 0 saturated heterocycles. The third-order valence-electron chi connectivity index (χ3n) is 5.53. The Bertz CT molecular complexity index is 1300. The summed E-state index contributed by atoms with van der Waals surface area (Å²) < 4.78 is 60.5.